The minimum Gasteiger partial charge on any atom is -0.481 e. The maximum atomic E-state index is 9.00. The Kier molecular flexibility index (Phi) is 23.5. The molecule has 0 unspecified atom stereocenters. The van der Waals surface area contributed by atoms with Gasteiger partial charge in [0.1, 0.15) is 0 Å². The van der Waals surface area contributed by atoms with Gasteiger partial charge in [-0.15, -0.1) is 0 Å². The van der Waals surface area contributed by atoms with Crippen molar-refractivity contribution < 1.29 is 30.2 Å². The molecule has 0 aromatic carbocycles. The molecule has 0 saturated heterocycles. The van der Waals surface area contributed by atoms with Gasteiger partial charge in [-0.3, -0.25) is 9.59 Å². The second-order valence-electron chi connectivity index (χ2n) is 1.85. The van der Waals surface area contributed by atoms with Crippen molar-refractivity contribution in [2.75, 3.05) is 13.1 Å². The van der Waals surface area contributed by atoms with Crippen LogP contribution in [0.1, 0.15) is 13.8 Å². The van der Waals surface area contributed by atoms with E-state index in [1.54, 1.807) is 0 Å². The zero-order valence-electron chi connectivity index (χ0n) is 8.02. The number of hydrogen-bond donors (Lipinski definition) is 6. The molecule has 0 fully saturated rings. The third-order valence-electron chi connectivity index (χ3n) is 0.349. The molecule has 14 heavy (non-hydrogen) atoms. The van der Waals surface area contributed by atoms with E-state index in [4.69, 9.17) is 30.2 Å². The third-order valence-corrected chi connectivity index (χ3v) is 0.349. The molecule has 0 rings (SSSR count). The molecule has 0 aromatic rings. The Morgan fingerprint density at radius 3 is 1.14 bits per heavy atom. The zero-order valence-corrected chi connectivity index (χ0v) is 8.02. The lowest BCUT2D eigenvalue weighted by molar-refractivity contribution is -0.135. The Morgan fingerprint density at radius 1 is 0.929 bits per heavy atom. The second kappa shape index (κ2) is 17.8. The molecule has 0 aliphatic carbocycles. The quantitative estimate of drug-likeness (QED) is 0.262. The Morgan fingerprint density at radius 2 is 1.07 bits per heavy atom. The number of nitrogens with one attached hydrogen (secondary N) is 2. The van der Waals surface area contributed by atoms with E-state index in [2.05, 4.69) is 0 Å². The summed E-state index contributed by atoms with van der Waals surface area (Å²) in [4.78, 5) is 18.0. The molecule has 8 nitrogen and oxygen atoms in total. The summed E-state index contributed by atoms with van der Waals surface area (Å²) in [6.07, 6.45) is 0. The summed E-state index contributed by atoms with van der Waals surface area (Å²) in [6.45, 7) is 2.88. The lowest BCUT2D eigenvalue weighted by Gasteiger charge is -1.90. The Balaban J connectivity index is -0.000000135. The maximum absolute atomic E-state index is 9.00. The highest BCUT2D eigenvalue weighted by molar-refractivity contribution is 5.63. The fraction of sp³-hybridized carbons (Fsp3) is 0.667. The van der Waals surface area contributed by atoms with E-state index in [0.717, 1.165) is 13.8 Å². The van der Waals surface area contributed by atoms with E-state index in [9.17, 15) is 0 Å². The summed E-state index contributed by atoms with van der Waals surface area (Å²) in [7, 11) is 0. The molecule has 6 N–H and O–H groups in total. The number of hydrogen-bond acceptors (Lipinski definition) is 6. The average molecular weight is 212 g/mol. The summed E-state index contributed by atoms with van der Waals surface area (Å²) < 4.78 is 0. The number of carboxylic acids is 2. The molecule has 0 bridgehead atoms. The predicted octanol–water partition coefficient (Wildman–Crippen LogP) is -0.874. The SMILES string of the molecule is CC(=O)O.CC(=O)O.ONCCNO. The molecule has 0 aromatic heterocycles. The van der Waals surface area contributed by atoms with Crippen LogP contribution in [0.5, 0.6) is 0 Å². The number of carboxylic acid groups (broad SMARTS) is 2. The van der Waals surface area contributed by atoms with Crippen molar-refractivity contribution in [3.8, 4) is 0 Å². The van der Waals surface area contributed by atoms with Gasteiger partial charge in [0, 0.05) is 26.9 Å². The fourth-order valence-electron chi connectivity index (χ4n) is 0.112. The average Bonchev–Trinajstić information content (AvgIpc) is 1.98. The van der Waals surface area contributed by atoms with Crippen LogP contribution in [-0.4, -0.2) is 45.7 Å². The Hall–Kier alpha value is -1.22. The molecule has 0 spiro atoms. The smallest absolute Gasteiger partial charge is 0.300 e. The molecule has 0 amide bonds. The number of hydroxylamine groups is 2. The summed E-state index contributed by atoms with van der Waals surface area (Å²) in [5.41, 5.74) is 3.69. The molecule has 0 heterocycles. The van der Waals surface area contributed by atoms with Crippen molar-refractivity contribution in [1.82, 2.24) is 11.0 Å². The first-order valence-corrected chi connectivity index (χ1v) is 3.51. The minimum absolute atomic E-state index is 0.358. The standard InChI is InChI=1S/C2H8N2O2.2C2H4O2/c5-3-1-2-4-6;2*1-2(3)4/h3-6H,1-2H2;2*1H3,(H,3,4). The van der Waals surface area contributed by atoms with Gasteiger partial charge in [0.15, 0.2) is 0 Å². The van der Waals surface area contributed by atoms with Gasteiger partial charge in [-0.25, -0.2) is 11.0 Å². The van der Waals surface area contributed by atoms with Crippen LogP contribution in [-0.2, 0) is 9.59 Å². The zero-order chi connectivity index (χ0) is 12.0. The van der Waals surface area contributed by atoms with Gasteiger partial charge in [-0.1, -0.05) is 0 Å². The highest BCUT2D eigenvalue weighted by atomic mass is 16.5. The molecule has 8 heteroatoms. The van der Waals surface area contributed by atoms with Crippen LogP contribution in [0.25, 0.3) is 0 Å². The van der Waals surface area contributed by atoms with E-state index in [0.29, 0.717) is 13.1 Å². The molecule has 0 saturated carbocycles. The van der Waals surface area contributed by atoms with Gasteiger partial charge in [-0.2, -0.15) is 0 Å². The Labute approximate surface area is 81.1 Å². The maximum Gasteiger partial charge on any atom is 0.300 e. The van der Waals surface area contributed by atoms with E-state index >= 15 is 0 Å². The van der Waals surface area contributed by atoms with Crippen molar-refractivity contribution >= 4 is 11.9 Å². The normalized spacial score (nSPS) is 7.43. The first kappa shape index (κ1) is 18.5. The van der Waals surface area contributed by atoms with E-state index in [1.807, 2.05) is 11.0 Å². The van der Waals surface area contributed by atoms with Crippen LogP contribution in [0.15, 0.2) is 0 Å². The summed E-state index contributed by atoms with van der Waals surface area (Å²) in [5.74, 6) is -1.67. The van der Waals surface area contributed by atoms with Crippen molar-refractivity contribution in [2.24, 2.45) is 0 Å². The van der Waals surface area contributed by atoms with Crippen molar-refractivity contribution in [3.63, 3.8) is 0 Å². The second-order valence-corrected chi connectivity index (χ2v) is 1.85. The highest BCUT2D eigenvalue weighted by Crippen LogP contribution is 1.44. The van der Waals surface area contributed by atoms with Gasteiger partial charge in [-0.05, 0) is 0 Å². The van der Waals surface area contributed by atoms with Crippen LogP contribution in [0, 0.1) is 0 Å². The van der Waals surface area contributed by atoms with E-state index in [1.165, 1.54) is 0 Å². The van der Waals surface area contributed by atoms with Crippen LogP contribution < -0.4 is 11.0 Å². The lowest BCUT2D eigenvalue weighted by Crippen LogP contribution is -2.22. The van der Waals surface area contributed by atoms with E-state index < -0.39 is 11.9 Å². The molecule has 0 atom stereocenters. The van der Waals surface area contributed by atoms with Crippen LogP contribution in [0.3, 0.4) is 0 Å². The minimum atomic E-state index is -0.833. The molecular formula is C6H16N2O6. The number of aliphatic carboxylic acids is 2. The summed E-state index contributed by atoms with van der Waals surface area (Å²) in [5, 5.41) is 30.4. The Bertz CT molecular complexity index is 116. The summed E-state index contributed by atoms with van der Waals surface area (Å²) in [6, 6.07) is 0. The van der Waals surface area contributed by atoms with Crippen molar-refractivity contribution in [2.45, 2.75) is 13.8 Å². The molecular weight excluding hydrogens is 196 g/mol. The highest BCUT2D eigenvalue weighted by Gasteiger charge is 1.73. The van der Waals surface area contributed by atoms with Gasteiger partial charge in [0.25, 0.3) is 11.9 Å². The van der Waals surface area contributed by atoms with Gasteiger partial charge in [0.05, 0.1) is 0 Å². The number of carbonyl (C=O) groups is 2. The molecule has 0 aliphatic heterocycles. The lowest BCUT2D eigenvalue weighted by atomic mass is 10.7. The van der Waals surface area contributed by atoms with Crippen molar-refractivity contribution in [3.05, 3.63) is 0 Å². The largest absolute Gasteiger partial charge is 0.481 e. The first-order chi connectivity index (χ1) is 6.38. The van der Waals surface area contributed by atoms with Gasteiger partial charge >= 0.3 is 0 Å². The van der Waals surface area contributed by atoms with Crippen LogP contribution in [0.4, 0.5) is 0 Å². The van der Waals surface area contributed by atoms with E-state index in [-0.39, 0.29) is 0 Å². The monoisotopic (exact) mass is 212 g/mol. The van der Waals surface area contributed by atoms with Gasteiger partial charge < -0.3 is 20.6 Å². The number of rotatable bonds is 3. The topological polar surface area (TPSA) is 139 Å². The van der Waals surface area contributed by atoms with Crippen LogP contribution >= 0.6 is 0 Å². The third kappa shape index (κ3) is 325. The fourth-order valence-corrected chi connectivity index (χ4v) is 0.112. The summed E-state index contributed by atoms with van der Waals surface area (Å²) >= 11 is 0. The molecule has 0 aliphatic rings. The molecule has 86 valence electrons. The molecule has 0 radical (unpaired) electrons. The van der Waals surface area contributed by atoms with Crippen LogP contribution in [0.2, 0.25) is 0 Å². The van der Waals surface area contributed by atoms with Gasteiger partial charge in [0.2, 0.25) is 0 Å². The first-order valence-electron chi connectivity index (χ1n) is 3.51. The van der Waals surface area contributed by atoms with Crippen molar-refractivity contribution in [1.29, 1.82) is 0 Å². The predicted molar refractivity (Wildman–Crippen MR) is 46.2 cm³/mol.